The van der Waals surface area contributed by atoms with Gasteiger partial charge in [0.1, 0.15) is 5.75 Å². The van der Waals surface area contributed by atoms with Crippen molar-refractivity contribution >= 4 is 23.3 Å². The maximum Gasteiger partial charge on any atom is 0.416 e. The average Bonchev–Trinajstić information content (AvgIpc) is 3.28. The summed E-state index contributed by atoms with van der Waals surface area (Å²) in [7, 11) is 1.47. The van der Waals surface area contributed by atoms with Crippen molar-refractivity contribution in [3.05, 3.63) is 84.3 Å². The Balaban J connectivity index is 1.54. The number of carbonyl (C=O) groups is 1. The van der Waals surface area contributed by atoms with E-state index in [0.29, 0.717) is 22.9 Å². The maximum absolute atomic E-state index is 12.9. The molecule has 0 saturated heterocycles. The van der Waals surface area contributed by atoms with E-state index in [2.05, 4.69) is 20.6 Å². The van der Waals surface area contributed by atoms with Crippen molar-refractivity contribution < 1.29 is 27.1 Å². The van der Waals surface area contributed by atoms with Gasteiger partial charge in [-0.25, -0.2) is 4.98 Å². The highest BCUT2D eigenvalue weighted by molar-refractivity contribution is 6.04. The second-order valence-electron chi connectivity index (χ2n) is 6.84. The van der Waals surface area contributed by atoms with Gasteiger partial charge in [0, 0.05) is 29.2 Å². The first-order valence-electron chi connectivity index (χ1n) is 9.63. The molecule has 0 unspecified atom stereocenters. The van der Waals surface area contributed by atoms with E-state index < -0.39 is 17.6 Å². The topological polar surface area (TPSA) is 89.3 Å². The fourth-order valence-corrected chi connectivity index (χ4v) is 3.01. The maximum atomic E-state index is 12.9. The Labute approximate surface area is 186 Å². The smallest absolute Gasteiger partial charge is 0.416 e. The molecule has 2 aromatic carbocycles. The quantitative estimate of drug-likeness (QED) is 0.385. The minimum Gasteiger partial charge on any atom is -0.495 e. The van der Waals surface area contributed by atoms with E-state index in [0.717, 1.165) is 17.7 Å². The third-order valence-electron chi connectivity index (χ3n) is 4.60. The van der Waals surface area contributed by atoms with Crippen LogP contribution in [0.15, 0.2) is 77.6 Å². The lowest BCUT2D eigenvalue weighted by Crippen LogP contribution is -2.14. The first-order chi connectivity index (χ1) is 15.8. The van der Waals surface area contributed by atoms with Crippen LogP contribution in [0.2, 0.25) is 0 Å². The van der Waals surface area contributed by atoms with E-state index in [1.807, 2.05) is 6.07 Å². The van der Waals surface area contributed by atoms with E-state index in [4.69, 9.17) is 9.15 Å². The molecule has 4 aromatic rings. The molecule has 4 rings (SSSR count). The van der Waals surface area contributed by atoms with Gasteiger partial charge in [-0.3, -0.25) is 9.78 Å². The molecule has 0 aliphatic heterocycles. The summed E-state index contributed by atoms with van der Waals surface area (Å²) in [6.07, 6.45) is 0.265. The molecule has 0 aliphatic rings. The second kappa shape index (κ2) is 9.03. The summed E-state index contributed by atoms with van der Waals surface area (Å²) in [5, 5.41) is 5.56. The van der Waals surface area contributed by atoms with Crippen LogP contribution in [0, 0.1) is 0 Å². The highest BCUT2D eigenvalue weighted by Crippen LogP contribution is 2.33. The first kappa shape index (κ1) is 21.9. The van der Waals surface area contributed by atoms with Crippen LogP contribution in [-0.2, 0) is 6.18 Å². The van der Waals surface area contributed by atoms with Crippen LogP contribution in [-0.4, -0.2) is 23.0 Å². The number of benzene rings is 2. The number of aromatic nitrogens is 2. The SMILES string of the molecule is COc1ccc(NC(=O)c2cccc(C(F)(F)F)c2)cc1Nc1ncc(-c2cccnc2)o1. The molecule has 0 atom stereocenters. The Morgan fingerprint density at radius 1 is 1.06 bits per heavy atom. The predicted octanol–water partition coefficient (Wildman–Crippen LogP) is 5.76. The molecule has 0 saturated carbocycles. The van der Waals surface area contributed by atoms with Gasteiger partial charge in [-0.2, -0.15) is 13.2 Å². The second-order valence-corrected chi connectivity index (χ2v) is 6.84. The molecule has 0 aliphatic carbocycles. The molecule has 10 heteroatoms. The molecule has 0 spiro atoms. The Hall–Kier alpha value is -4.34. The Kier molecular flexibility index (Phi) is 5.99. The number of nitrogens with zero attached hydrogens (tertiary/aromatic N) is 2. The third-order valence-corrected chi connectivity index (χ3v) is 4.60. The van der Waals surface area contributed by atoms with E-state index in [1.165, 1.54) is 25.4 Å². The van der Waals surface area contributed by atoms with Gasteiger partial charge < -0.3 is 19.8 Å². The lowest BCUT2D eigenvalue weighted by atomic mass is 10.1. The van der Waals surface area contributed by atoms with Crippen LogP contribution >= 0.6 is 0 Å². The van der Waals surface area contributed by atoms with E-state index in [-0.39, 0.29) is 11.6 Å². The van der Waals surface area contributed by atoms with Crippen LogP contribution in [0.3, 0.4) is 0 Å². The predicted molar refractivity (Wildman–Crippen MR) is 115 cm³/mol. The van der Waals surface area contributed by atoms with Crippen LogP contribution in [0.1, 0.15) is 15.9 Å². The van der Waals surface area contributed by atoms with E-state index >= 15 is 0 Å². The third kappa shape index (κ3) is 5.12. The number of hydrogen-bond donors (Lipinski definition) is 2. The standard InChI is InChI=1S/C23H17F3N4O3/c1-32-19-8-7-17(29-21(31)14-4-2-6-16(10-14)23(24,25)26)11-18(19)30-22-28-13-20(33-22)15-5-3-9-27-12-15/h2-13H,1H3,(H,28,30)(H,29,31). The molecule has 1 amide bonds. The molecule has 0 bridgehead atoms. The number of carbonyl (C=O) groups excluding carboxylic acids is 1. The van der Waals surface area contributed by atoms with Crippen LogP contribution in [0.5, 0.6) is 5.75 Å². The summed E-state index contributed by atoms with van der Waals surface area (Å²) >= 11 is 0. The fourth-order valence-electron chi connectivity index (χ4n) is 3.01. The zero-order valence-electron chi connectivity index (χ0n) is 17.2. The number of rotatable bonds is 6. The number of methoxy groups -OCH3 is 1. The molecule has 2 aromatic heterocycles. The van der Waals surface area contributed by atoms with Crippen LogP contribution in [0.4, 0.5) is 30.6 Å². The number of ether oxygens (including phenoxy) is 1. The van der Waals surface area contributed by atoms with Gasteiger partial charge in [0.2, 0.25) is 0 Å². The monoisotopic (exact) mass is 454 g/mol. The first-order valence-corrected chi connectivity index (χ1v) is 9.63. The number of halogens is 3. The van der Waals surface area contributed by atoms with Gasteiger partial charge in [0.05, 0.1) is 24.6 Å². The highest BCUT2D eigenvalue weighted by Gasteiger charge is 2.30. The molecule has 0 fully saturated rings. The van der Waals surface area contributed by atoms with Crippen molar-refractivity contribution in [3.8, 4) is 17.1 Å². The zero-order chi connectivity index (χ0) is 23.4. The number of alkyl halides is 3. The summed E-state index contributed by atoms with van der Waals surface area (Å²) in [5.74, 6) is 0.249. The minimum absolute atomic E-state index is 0.121. The fraction of sp³-hybridized carbons (Fsp3) is 0.0870. The van der Waals surface area contributed by atoms with Gasteiger partial charge in [0.25, 0.3) is 11.9 Å². The molecular formula is C23H17F3N4O3. The molecule has 2 N–H and O–H groups in total. The van der Waals surface area contributed by atoms with Gasteiger partial charge in [-0.15, -0.1) is 0 Å². The van der Waals surface area contributed by atoms with Crippen molar-refractivity contribution in [2.45, 2.75) is 6.18 Å². The number of pyridine rings is 1. The number of nitrogens with one attached hydrogen (secondary N) is 2. The summed E-state index contributed by atoms with van der Waals surface area (Å²) in [6, 6.07) is 12.7. The summed E-state index contributed by atoms with van der Waals surface area (Å²) in [6.45, 7) is 0. The molecular weight excluding hydrogens is 437 g/mol. The van der Waals surface area contributed by atoms with Crippen LogP contribution < -0.4 is 15.4 Å². The van der Waals surface area contributed by atoms with Crippen molar-refractivity contribution in [1.82, 2.24) is 9.97 Å². The number of anilines is 3. The van der Waals surface area contributed by atoms with Crippen molar-refractivity contribution in [2.24, 2.45) is 0 Å². The lowest BCUT2D eigenvalue weighted by molar-refractivity contribution is -0.137. The van der Waals surface area contributed by atoms with Gasteiger partial charge in [-0.1, -0.05) is 6.07 Å². The number of oxazole rings is 1. The molecule has 168 valence electrons. The molecule has 33 heavy (non-hydrogen) atoms. The summed E-state index contributed by atoms with van der Waals surface area (Å²) in [5.41, 5.74) is 0.482. The van der Waals surface area contributed by atoms with E-state index in [9.17, 15) is 18.0 Å². The van der Waals surface area contributed by atoms with Gasteiger partial charge in [0.15, 0.2) is 5.76 Å². The molecule has 2 heterocycles. The molecule has 0 radical (unpaired) electrons. The summed E-state index contributed by atoms with van der Waals surface area (Å²) in [4.78, 5) is 20.7. The number of amides is 1. The number of hydrogen-bond acceptors (Lipinski definition) is 6. The summed E-state index contributed by atoms with van der Waals surface area (Å²) < 4.78 is 49.8. The Morgan fingerprint density at radius 2 is 1.91 bits per heavy atom. The normalized spacial score (nSPS) is 11.2. The molecule has 7 nitrogen and oxygen atoms in total. The Morgan fingerprint density at radius 3 is 2.64 bits per heavy atom. The van der Waals surface area contributed by atoms with Gasteiger partial charge >= 0.3 is 6.18 Å². The van der Waals surface area contributed by atoms with Crippen molar-refractivity contribution in [1.29, 1.82) is 0 Å². The van der Waals surface area contributed by atoms with Crippen LogP contribution in [0.25, 0.3) is 11.3 Å². The Bertz CT molecular complexity index is 1270. The van der Waals surface area contributed by atoms with Crippen molar-refractivity contribution in [2.75, 3.05) is 17.7 Å². The van der Waals surface area contributed by atoms with E-state index in [1.54, 1.807) is 36.7 Å². The zero-order valence-corrected chi connectivity index (χ0v) is 17.2. The minimum atomic E-state index is -4.54. The average molecular weight is 454 g/mol. The lowest BCUT2D eigenvalue weighted by Gasteiger charge is -2.12. The van der Waals surface area contributed by atoms with Crippen molar-refractivity contribution in [3.63, 3.8) is 0 Å². The highest BCUT2D eigenvalue weighted by atomic mass is 19.4. The van der Waals surface area contributed by atoms with Gasteiger partial charge in [-0.05, 0) is 48.5 Å². The largest absolute Gasteiger partial charge is 0.495 e.